The minimum absolute atomic E-state index is 0.0670. The summed E-state index contributed by atoms with van der Waals surface area (Å²) >= 11 is 0. The Morgan fingerprint density at radius 3 is 2.57 bits per heavy atom. The number of epoxide rings is 1. The van der Waals surface area contributed by atoms with E-state index < -0.39 is 23.9 Å². The summed E-state index contributed by atoms with van der Waals surface area (Å²) < 4.78 is 22.8. The van der Waals surface area contributed by atoms with Crippen LogP contribution in [0.25, 0.3) is 0 Å². The Labute approximate surface area is 208 Å². The van der Waals surface area contributed by atoms with Crippen LogP contribution >= 0.6 is 0 Å². The van der Waals surface area contributed by atoms with Crippen molar-refractivity contribution in [2.75, 3.05) is 6.61 Å². The van der Waals surface area contributed by atoms with Gasteiger partial charge in [-0.3, -0.25) is 9.59 Å². The molecule has 1 amide bonds. The zero-order valence-corrected chi connectivity index (χ0v) is 21.8. The molecular weight excluding hydrogens is 450 g/mol. The average molecular weight is 492 g/mol. The molecule has 0 saturated carbocycles. The molecule has 3 saturated heterocycles. The highest BCUT2D eigenvalue weighted by molar-refractivity contribution is 5.87. The quantitative estimate of drug-likeness (QED) is 0.232. The van der Waals surface area contributed by atoms with Gasteiger partial charge in [0.05, 0.1) is 30.5 Å². The van der Waals surface area contributed by atoms with Gasteiger partial charge in [-0.15, -0.1) is 0 Å². The molecule has 3 rings (SSSR count). The number of hydrogen-bond donors (Lipinski definition) is 2. The molecule has 196 valence electrons. The van der Waals surface area contributed by atoms with Gasteiger partial charge < -0.3 is 29.4 Å². The van der Waals surface area contributed by atoms with Gasteiger partial charge in [-0.05, 0) is 60.0 Å². The minimum Gasteiger partial charge on any atom is -0.459 e. The predicted octanol–water partition coefficient (Wildman–Crippen LogP) is 3.14. The van der Waals surface area contributed by atoms with Gasteiger partial charge in [0.25, 0.3) is 0 Å². The summed E-state index contributed by atoms with van der Waals surface area (Å²) in [5.41, 5.74) is 0.285. The lowest BCUT2D eigenvalue weighted by Gasteiger charge is -2.41. The fraction of sp³-hybridized carbons (Fsp3) is 0.704. The average Bonchev–Trinajstić information content (AvgIpc) is 3.53. The highest BCUT2D eigenvalue weighted by Crippen LogP contribution is 2.46. The van der Waals surface area contributed by atoms with Crippen LogP contribution in [0.3, 0.4) is 0 Å². The third-order valence-electron chi connectivity index (χ3n) is 6.77. The third kappa shape index (κ3) is 8.00. The van der Waals surface area contributed by atoms with Crippen LogP contribution in [-0.4, -0.2) is 71.4 Å². The summed E-state index contributed by atoms with van der Waals surface area (Å²) in [5, 5.41) is 13.6. The number of allylic oxidation sites excluding steroid dienone is 2. The van der Waals surface area contributed by atoms with Gasteiger partial charge in [-0.2, -0.15) is 0 Å². The first-order chi connectivity index (χ1) is 16.4. The number of hydrogen-bond acceptors (Lipinski definition) is 7. The van der Waals surface area contributed by atoms with Crippen molar-refractivity contribution in [3.63, 3.8) is 0 Å². The first-order valence-corrected chi connectivity index (χ1v) is 12.6. The lowest BCUT2D eigenvalue weighted by atomic mass is 9.83. The number of nitrogens with one attached hydrogen (secondary N) is 1. The molecule has 0 aliphatic carbocycles. The Balaban J connectivity index is 1.44. The Bertz CT molecular complexity index is 858. The van der Waals surface area contributed by atoms with E-state index >= 15 is 0 Å². The van der Waals surface area contributed by atoms with Crippen LogP contribution in [0.15, 0.2) is 36.0 Å². The molecule has 35 heavy (non-hydrogen) atoms. The standard InChI is InChI=1S/C27H41NO7/c1-17(8-13-23-25(31)27(16-32-27)15-26(5,6)35-23)7-10-21-11-12-22(19(3)34-21)28-24(30)14-9-18(2)33-20(4)29/h7-9,13-14,18-19,21-23,25,31H,10-12,15-16H2,1-6H3,(H,28,30)/b13-8+,14-9-,17-7+/t18-,19-,21+,22-,23-,25?,27-/m1/s1. The lowest BCUT2D eigenvalue weighted by molar-refractivity contribution is -0.171. The largest absolute Gasteiger partial charge is 0.459 e. The number of ether oxygens (including phenoxy) is 4. The molecule has 7 atom stereocenters. The highest BCUT2D eigenvalue weighted by Gasteiger charge is 2.60. The molecule has 2 N–H and O–H groups in total. The maximum absolute atomic E-state index is 12.2. The second-order valence-corrected chi connectivity index (χ2v) is 10.7. The Morgan fingerprint density at radius 1 is 1.23 bits per heavy atom. The van der Waals surface area contributed by atoms with Gasteiger partial charge >= 0.3 is 5.97 Å². The van der Waals surface area contributed by atoms with Crippen molar-refractivity contribution in [1.29, 1.82) is 0 Å². The van der Waals surface area contributed by atoms with Crippen molar-refractivity contribution in [1.82, 2.24) is 5.32 Å². The fourth-order valence-corrected chi connectivity index (χ4v) is 4.93. The summed E-state index contributed by atoms with van der Waals surface area (Å²) in [6.07, 6.45) is 10.6. The summed E-state index contributed by atoms with van der Waals surface area (Å²) in [6, 6.07) is -0.0670. The molecule has 8 heteroatoms. The van der Waals surface area contributed by atoms with Gasteiger partial charge in [0.2, 0.25) is 5.91 Å². The van der Waals surface area contributed by atoms with E-state index in [1.54, 1.807) is 13.0 Å². The molecule has 3 aliphatic rings. The third-order valence-corrected chi connectivity index (χ3v) is 6.77. The smallest absolute Gasteiger partial charge is 0.303 e. The van der Waals surface area contributed by atoms with Gasteiger partial charge in [0.15, 0.2) is 0 Å². The molecule has 3 fully saturated rings. The second-order valence-electron chi connectivity index (χ2n) is 10.7. The molecule has 0 bridgehead atoms. The Morgan fingerprint density at radius 2 is 1.94 bits per heavy atom. The molecule has 0 aromatic rings. The van der Waals surface area contributed by atoms with Crippen LogP contribution in [0.1, 0.15) is 67.2 Å². The monoisotopic (exact) mass is 491 g/mol. The summed E-state index contributed by atoms with van der Waals surface area (Å²) in [6.45, 7) is 11.7. The Hall–Kier alpha value is -2.00. The van der Waals surface area contributed by atoms with Crippen LogP contribution < -0.4 is 5.32 Å². The zero-order valence-electron chi connectivity index (χ0n) is 21.8. The molecule has 0 aromatic carbocycles. The van der Waals surface area contributed by atoms with Crippen molar-refractivity contribution in [3.8, 4) is 0 Å². The molecule has 1 unspecified atom stereocenters. The van der Waals surface area contributed by atoms with E-state index in [0.29, 0.717) is 13.0 Å². The van der Waals surface area contributed by atoms with Gasteiger partial charge in [-0.1, -0.05) is 23.8 Å². The number of esters is 1. The van der Waals surface area contributed by atoms with Crippen LogP contribution in [-0.2, 0) is 28.5 Å². The van der Waals surface area contributed by atoms with Crippen molar-refractivity contribution in [2.45, 2.75) is 115 Å². The number of carbonyl (C=O) groups is 2. The summed E-state index contributed by atoms with van der Waals surface area (Å²) in [5.74, 6) is -0.606. The molecule has 0 radical (unpaired) electrons. The number of carbonyl (C=O) groups excluding carboxylic acids is 2. The molecule has 3 heterocycles. The van der Waals surface area contributed by atoms with E-state index in [4.69, 9.17) is 18.9 Å². The van der Waals surface area contributed by atoms with Crippen molar-refractivity contribution < 1.29 is 33.6 Å². The lowest BCUT2D eigenvalue weighted by Crippen LogP contribution is -2.53. The zero-order chi connectivity index (χ0) is 25.8. The first-order valence-electron chi connectivity index (χ1n) is 12.6. The maximum atomic E-state index is 12.2. The fourth-order valence-electron chi connectivity index (χ4n) is 4.93. The second kappa shape index (κ2) is 11.4. The molecule has 8 nitrogen and oxygen atoms in total. The van der Waals surface area contributed by atoms with Crippen molar-refractivity contribution in [2.24, 2.45) is 0 Å². The van der Waals surface area contributed by atoms with Crippen LogP contribution in [0.4, 0.5) is 0 Å². The van der Waals surface area contributed by atoms with Gasteiger partial charge in [0, 0.05) is 19.4 Å². The number of amides is 1. The maximum Gasteiger partial charge on any atom is 0.303 e. The molecule has 1 spiro atoms. The highest BCUT2D eigenvalue weighted by atomic mass is 16.6. The van der Waals surface area contributed by atoms with E-state index in [-0.39, 0.29) is 35.7 Å². The number of rotatable bonds is 8. The Kier molecular flexibility index (Phi) is 8.96. The molecular formula is C27H41NO7. The summed E-state index contributed by atoms with van der Waals surface area (Å²) in [4.78, 5) is 23.2. The van der Waals surface area contributed by atoms with Crippen molar-refractivity contribution >= 4 is 11.9 Å². The normalized spacial score (nSPS) is 35.9. The number of aliphatic hydroxyl groups is 1. The van der Waals surface area contributed by atoms with Crippen LogP contribution in [0.5, 0.6) is 0 Å². The predicted molar refractivity (Wildman–Crippen MR) is 132 cm³/mol. The van der Waals surface area contributed by atoms with E-state index in [2.05, 4.69) is 11.4 Å². The topological polar surface area (TPSA) is 107 Å². The van der Waals surface area contributed by atoms with Gasteiger partial charge in [0.1, 0.15) is 23.9 Å². The SMILES string of the molecule is CC(=O)O[C@H](C)/C=C\C(=O)N[C@@H]1CC[C@H](C/C=C(C)/C=C/[C@H]2OC(C)(C)C[C@@]3(CO3)C2O)O[C@@H]1C. The van der Waals surface area contributed by atoms with E-state index in [0.717, 1.165) is 24.8 Å². The van der Waals surface area contributed by atoms with E-state index in [9.17, 15) is 14.7 Å². The van der Waals surface area contributed by atoms with Crippen molar-refractivity contribution in [3.05, 3.63) is 36.0 Å². The number of aliphatic hydroxyl groups excluding tert-OH is 1. The molecule has 0 aromatic heterocycles. The van der Waals surface area contributed by atoms with E-state index in [1.807, 2.05) is 39.8 Å². The molecule has 3 aliphatic heterocycles. The van der Waals surface area contributed by atoms with E-state index in [1.165, 1.54) is 13.0 Å². The van der Waals surface area contributed by atoms with Crippen LogP contribution in [0, 0.1) is 0 Å². The summed E-state index contributed by atoms with van der Waals surface area (Å²) in [7, 11) is 0. The minimum atomic E-state index is -0.658. The van der Waals surface area contributed by atoms with Crippen LogP contribution in [0.2, 0.25) is 0 Å². The first kappa shape index (κ1) is 27.6. The van der Waals surface area contributed by atoms with Gasteiger partial charge in [-0.25, -0.2) is 0 Å².